The molecule has 0 aliphatic rings. The van der Waals surface area contributed by atoms with Gasteiger partial charge in [0.1, 0.15) is 18.0 Å². The quantitative estimate of drug-likeness (QED) is 0.574. The number of carbonyl (C=O) groups is 3. The maximum Gasteiger partial charge on any atom is 0.387 e. The second-order valence-corrected chi connectivity index (χ2v) is 6.35. The highest BCUT2D eigenvalue weighted by molar-refractivity contribution is 5.96. The van der Waals surface area contributed by atoms with Gasteiger partial charge in [0.2, 0.25) is 0 Å². The Balaban J connectivity index is 1.74. The van der Waals surface area contributed by atoms with Gasteiger partial charge in [0.05, 0.1) is 7.11 Å². The van der Waals surface area contributed by atoms with Gasteiger partial charge in [0.15, 0.2) is 6.61 Å². The second kappa shape index (κ2) is 11.5. The lowest BCUT2D eigenvalue weighted by Gasteiger charge is -2.17. The summed E-state index contributed by atoms with van der Waals surface area (Å²) < 4.78 is 38.5. The number of halogens is 2. The molecule has 0 atom stereocenters. The molecule has 2 aromatic carbocycles. The van der Waals surface area contributed by atoms with Crippen molar-refractivity contribution >= 4 is 17.8 Å². The minimum atomic E-state index is -2.91. The Kier molecular flexibility index (Phi) is 8.74. The van der Waals surface area contributed by atoms with Crippen molar-refractivity contribution in [3.05, 3.63) is 59.7 Å². The van der Waals surface area contributed by atoms with Gasteiger partial charge in [0.25, 0.3) is 11.8 Å². The van der Waals surface area contributed by atoms with E-state index in [1.165, 1.54) is 37.3 Å². The average Bonchev–Trinajstić information content (AvgIpc) is 2.76. The molecule has 0 saturated carbocycles. The minimum absolute atomic E-state index is 0.0117. The van der Waals surface area contributed by atoms with E-state index >= 15 is 0 Å². The third kappa shape index (κ3) is 7.92. The number of rotatable bonds is 10. The molecule has 0 aromatic heterocycles. The molecule has 0 saturated heterocycles. The zero-order valence-corrected chi connectivity index (χ0v) is 17.0. The number of nitrogens with one attached hydrogen (secondary N) is 1. The molecule has 0 bridgehead atoms. The van der Waals surface area contributed by atoms with Gasteiger partial charge in [-0.2, -0.15) is 8.78 Å². The van der Waals surface area contributed by atoms with Crippen LogP contribution in [0.1, 0.15) is 15.9 Å². The number of alkyl halides is 2. The van der Waals surface area contributed by atoms with Gasteiger partial charge in [-0.25, -0.2) is 0 Å². The number of hydrogen-bond donors (Lipinski definition) is 1. The maximum atomic E-state index is 12.2. The normalized spacial score (nSPS) is 10.4. The molecular weight excluding hydrogens is 414 g/mol. The number of ether oxygens (including phenoxy) is 3. The standard InChI is InChI=1S/C21H22F2N2O6/c1-25(12-14-6-8-16(9-7-14)31-21(22)23)18(26)13-30-19(27)11-24-20(28)15-4-3-5-17(10-15)29-2/h3-10,21H,11-13H2,1-2H3,(H,24,28). The molecule has 0 heterocycles. The summed E-state index contributed by atoms with van der Waals surface area (Å²) in [4.78, 5) is 37.3. The molecule has 0 radical (unpaired) electrons. The number of methoxy groups -OCH3 is 1. The first-order valence-electron chi connectivity index (χ1n) is 9.14. The van der Waals surface area contributed by atoms with Gasteiger partial charge < -0.3 is 24.4 Å². The predicted molar refractivity (Wildman–Crippen MR) is 106 cm³/mol. The fourth-order valence-corrected chi connectivity index (χ4v) is 2.46. The Morgan fingerprint density at radius 3 is 2.42 bits per heavy atom. The first-order chi connectivity index (χ1) is 14.8. The molecule has 10 heteroatoms. The molecule has 0 spiro atoms. The summed E-state index contributed by atoms with van der Waals surface area (Å²) in [6.07, 6.45) is 0. The fraction of sp³-hybridized carbons (Fsp3) is 0.286. The van der Waals surface area contributed by atoms with Crippen LogP contribution >= 0.6 is 0 Å². The molecule has 0 unspecified atom stereocenters. The van der Waals surface area contributed by atoms with Crippen LogP contribution < -0.4 is 14.8 Å². The summed E-state index contributed by atoms with van der Waals surface area (Å²) in [5.74, 6) is -1.22. The average molecular weight is 436 g/mol. The lowest BCUT2D eigenvalue weighted by atomic mass is 10.2. The van der Waals surface area contributed by atoms with Crippen molar-refractivity contribution in [3.63, 3.8) is 0 Å². The maximum absolute atomic E-state index is 12.2. The molecule has 2 aromatic rings. The van der Waals surface area contributed by atoms with Crippen LogP contribution in [0.15, 0.2) is 48.5 Å². The summed E-state index contributed by atoms with van der Waals surface area (Å²) in [6, 6.07) is 12.2. The van der Waals surface area contributed by atoms with E-state index in [2.05, 4.69) is 10.1 Å². The van der Waals surface area contributed by atoms with Crippen molar-refractivity contribution in [2.75, 3.05) is 27.3 Å². The molecule has 0 aliphatic heterocycles. The lowest BCUT2D eigenvalue weighted by Crippen LogP contribution is -2.34. The van der Waals surface area contributed by atoms with E-state index in [0.717, 1.165) is 0 Å². The summed E-state index contributed by atoms with van der Waals surface area (Å²) in [5.41, 5.74) is 0.988. The second-order valence-electron chi connectivity index (χ2n) is 6.35. The van der Waals surface area contributed by atoms with Gasteiger partial charge in [-0.15, -0.1) is 0 Å². The van der Waals surface area contributed by atoms with Crippen LogP contribution in [0.25, 0.3) is 0 Å². The predicted octanol–water partition coefficient (Wildman–Crippen LogP) is 2.23. The van der Waals surface area contributed by atoms with E-state index in [0.29, 0.717) is 16.9 Å². The number of nitrogens with zero attached hydrogens (tertiary/aromatic N) is 1. The van der Waals surface area contributed by atoms with Gasteiger partial charge in [0, 0.05) is 19.2 Å². The summed E-state index contributed by atoms with van der Waals surface area (Å²) in [7, 11) is 2.98. The van der Waals surface area contributed by atoms with E-state index in [9.17, 15) is 23.2 Å². The molecule has 31 heavy (non-hydrogen) atoms. The highest BCUT2D eigenvalue weighted by atomic mass is 19.3. The number of hydrogen-bond acceptors (Lipinski definition) is 6. The monoisotopic (exact) mass is 436 g/mol. The number of esters is 1. The number of benzene rings is 2. The number of carbonyl (C=O) groups excluding carboxylic acids is 3. The van der Waals surface area contributed by atoms with Crippen molar-refractivity contribution in [2.45, 2.75) is 13.2 Å². The van der Waals surface area contributed by atoms with Crippen molar-refractivity contribution < 1.29 is 37.4 Å². The van der Waals surface area contributed by atoms with E-state index in [-0.39, 0.29) is 12.3 Å². The SMILES string of the molecule is COc1cccc(C(=O)NCC(=O)OCC(=O)N(C)Cc2ccc(OC(F)F)cc2)c1. The summed E-state index contributed by atoms with van der Waals surface area (Å²) >= 11 is 0. The van der Waals surface area contributed by atoms with Gasteiger partial charge in [-0.1, -0.05) is 18.2 Å². The number of amides is 2. The van der Waals surface area contributed by atoms with Crippen LogP contribution in [0.3, 0.4) is 0 Å². The van der Waals surface area contributed by atoms with Crippen LogP contribution in [0.5, 0.6) is 11.5 Å². The minimum Gasteiger partial charge on any atom is -0.497 e. The lowest BCUT2D eigenvalue weighted by molar-refractivity contribution is -0.150. The van der Waals surface area contributed by atoms with Crippen LogP contribution in [-0.2, 0) is 20.9 Å². The topological polar surface area (TPSA) is 94.2 Å². The molecule has 8 nitrogen and oxygen atoms in total. The first kappa shape index (κ1) is 23.6. The fourth-order valence-electron chi connectivity index (χ4n) is 2.46. The van der Waals surface area contributed by atoms with Crippen LogP contribution in [-0.4, -0.2) is 56.6 Å². The Labute approximate surface area is 177 Å². The van der Waals surface area contributed by atoms with Crippen molar-refractivity contribution in [1.82, 2.24) is 10.2 Å². The van der Waals surface area contributed by atoms with E-state index < -0.39 is 37.5 Å². The van der Waals surface area contributed by atoms with Gasteiger partial charge >= 0.3 is 12.6 Å². The van der Waals surface area contributed by atoms with Crippen molar-refractivity contribution in [2.24, 2.45) is 0 Å². The Morgan fingerprint density at radius 1 is 1.06 bits per heavy atom. The zero-order valence-electron chi connectivity index (χ0n) is 17.0. The van der Waals surface area contributed by atoms with Crippen LogP contribution in [0.2, 0.25) is 0 Å². The number of likely N-dealkylation sites (N-methyl/N-ethyl adjacent to an activating group) is 1. The Hall–Kier alpha value is -3.69. The highest BCUT2D eigenvalue weighted by Crippen LogP contribution is 2.16. The van der Waals surface area contributed by atoms with Gasteiger partial charge in [-0.3, -0.25) is 14.4 Å². The van der Waals surface area contributed by atoms with Crippen LogP contribution in [0.4, 0.5) is 8.78 Å². The Morgan fingerprint density at radius 2 is 1.77 bits per heavy atom. The van der Waals surface area contributed by atoms with E-state index in [1.54, 1.807) is 30.3 Å². The third-order valence-corrected chi connectivity index (χ3v) is 4.08. The molecular formula is C21H22F2N2O6. The van der Waals surface area contributed by atoms with E-state index in [1.807, 2.05) is 0 Å². The smallest absolute Gasteiger partial charge is 0.387 e. The molecule has 1 N–H and O–H groups in total. The molecule has 0 aliphatic carbocycles. The molecule has 2 amide bonds. The van der Waals surface area contributed by atoms with Gasteiger partial charge in [-0.05, 0) is 35.9 Å². The van der Waals surface area contributed by atoms with Crippen molar-refractivity contribution in [1.29, 1.82) is 0 Å². The first-order valence-corrected chi connectivity index (χ1v) is 9.14. The molecule has 2 rings (SSSR count). The summed E-state index contributed by atoms with van der Waals surface area (Å²) in [5, 5.41) is 2.40. The highest BCUT2D eigenvalue weighted by Gasteiger charge is 2.14. The van der Waals surface area contributed by atoms with Crippen LogP contribution in [0, 0.1) is 0 Å². The summed E-state index contributed by atoms with van der Waals surface area (Å²) in [6.45, 7) is -3.64. The van der Waals surface area contributed by atoms with Crippen molar-refractivity contribution in [3.8, 4) is 11.5 Å². The Bertz CT molecular complexity index is 905. The van der Waals surface area contributed by atoms with E-state index in [4.69, 9.17) is 9.47 Å². The third-order valence-electron chi connectivity index (χ3n) is 4.08. The molecule has 166 valence electrons. The zero-order chi connectivity index (χ0) is 22.8. The molecule has 0 fully saturated rings. The largest absolute Gasteiger partial charge is 0.497 e.